The van der Waals surface area contributed by atoms with Crippen LogP contribution in [0.2, 0.25) is 0 Å². The summed E-state index contributed by atoms with van der Waals surface area (Å²) in [5.41, 5.74) is 5.84. The number of carbonyl (C=O) groups excluding carboxylic acids is 3. The standard InChI is InChI=1S/C30H34N3O4.CH3.U/c1-33(2)30(36)26-19-15-24(16-20-26)28(22-10-6-5-7-11-22)23-13-17-25(18-14-23)29(35)31-21-9-4-3-8-12-27(34)32-37;;/h5-7,10-11,13-20,37H,3-4,8-9,12,21H2,1-2H3,(H,31,35)(H,32,34);1H3;/q2*-1;+2. The molecule has 0 spiro atoms. The van der Waals surface area contributed by atoms with Crippen LogP contribution in [0.5, 0.6) is 0 Å². The Bertz CT molecular complexity index is 1170. The van der Waals surface area contributed by atoms with Crippen LogP contribution >= 0.6 is 0 Å². The molecule has 0 aliphatic rings. The van der Waals surface area contributed by atoms with E-state index in [9.17, 15) is 14.4 Å². The fourth-order valence-corrected chi connectivity index (χ4v) is 4.05. The van der Waals surface area contributed by atoms with Crippen LogP contribution in [0.25, 0.3) is 0 Å². The SMILES string of the molecule is CN(C)C(=O)c1ccc([C-](c2ccccc2)c2ccc(C(=O)NCCCCCCC(=O)NO)cc2)cc1.[CH3-].[U+2]. The van der Waals surface area contributed by atoms with Crippen LogP contribution in [0.15, 0.2) is 78.9 Å². The minimum Gasteiger partial charge on any atom is -0.358 e. The van der Waals surface area contributed by atoms with Gasteiger partial charge in [-0.25, -0.2) is 5.48 Å². The number of nitrogens with one attached hydrogen (secondary N) is 2. The molecule has 0 aliphatic heterocycles. The van der Waals surface area contributed by atoms with E-state index >= 15 is 0 Å². The van der Waals surface area contributed by atoms with Gasteiger partial charge in [0.2, 0.25) is 11.8 Å². The second-order valence-electron chi connectivity index (χ2n) is 9.05. The summed E-state index contributed by atoms with van der Waals surface area (Å²) in [6.07, 6.45) is 3.59. The van der Waals surface area contributed by atoms with E-state index in [0.29, 0.717) is 30.5 Å². The normalized spacial score (nSPS) is 9.92. The van der Waals surface area contributed by atoms with Crippen molar-refractivity contribution in [3.8, 4) is 0 Å². The molecule has 3 amide bonds. The quantitative estimate of drug-likeness (QED) is 0.0794. The monoisotopic (exact) mass is 753 g/mol. The predicted octanol–water partition coefficient (Wildman–Crippen LogP) is 5.04. The van der Waals surface area contributed by atoms with Gasteiger partial charge in [-0.15, -0.1) is 0 Å². The molecule has 0 bridgehead atoms. The third-order valence-electron chi connectivity index (χ3n) is 6.07. The van der Waals surface area contributed by atoms with E-state index in [1.807, 2.05) is 78.9 Å². The zero-order valence-electron chi connectivity index (χ0n) is 22.9. The molecule has 3 rings (SSSR count). The summed E-state index contributed by atoms with van der Waals surface area (Å²) in [6, 6.07) is 25.2. The molecule has 0 saturated heterocycles. The van der Waals surface area contributed by atoms with E-state index in [2.05, 4.69) is 5.32 Å². The van der Waals surface area contributed by atoms with Gasteiger partial charge in [0.05, 0.1) is 0 Å². The average molecular weight is 754 g/mol. The van der Waals surface area contributed by atoms with Crippen molar-refractivity contribution in [2.24, 2.45) is 0 Å². The first-order chi connectivity index (χ1) is 17.9. The molecule has 39 heavy (non-hydrogen) atoms. The summed E-state index contributed by atoms with van der Waals surface area (Å²) in [6.45, 7) is 0.562. The molecular formula is C31H37N3O4U. The molecule has 0 aromatic heterocycles. The number of benzene rings is 3. The van der Waals surface area contributed by atoms with Crippen molar-refractivity contribution in [1.82, 2.24) is 15.7 Å². The van der Waals surface area contributed by atoms with E-state index in [1.54, 1.807) is 24.5 Å². The largest absolute Gasteiger partial charge is 2.00 e. The summed E-state index contributed by atoms with van der Waals surface area (Å²) >= 11 is 0. The van der Waals surface area contributed by atoms with Gasteiger partial charge in [-0.2, -0.15) is 0 Å². The van der Waals surface area contributed by atoms with Crippen LogP contribution in [0.1, 0.15) is 69.5 Å². The van der Waals surface area contributed by atoms with E-state index in [-0.39, 0.29) is 56.3 Å². The van der Waals surface area contributed by atoms with Crippen LogP contribution in [0.4, 0.5) is 0 Å². The summed E-state index contributed by atoms with van der Waals surface area (Å²) in [5, 5.41) is 11.4. The number of nitrogens with zero attached hydrogens (tertiary/aromatic N) is 1. The number of unbranched alkanes of at least 4 members (excludes halogenated alkanes) is 3. The zero-order valence-corrected chi connectivity index (χ0v) is 27.0. The Kier molecular flexibility index (Phi) is 15.3. The molecule has 3 aromatic carbocycles. The molecule has 0 unspecified atom stereocenters. The summed E-state index contributed by atoms with van der Waals surface area (Å²) in [5.74, 6) is 0.475. The van der Waals surface area contributed by atoms with E-state index < -0.39 is 0 Å². The molecular weight excluding hydrogens is 716 g/mol. The Balaban J connectivity index is 0.00000380. The molecule has 3 aromatic rings. The van der Waals surface area contributed by atoms with Crippen molar-refractivity contribution in [2.45, 2.75) is 32.1 Å². The molecule has 0 fully saturated rings. The zero-order chi connectivity index (χ0) is 26.6. The molecule has 204 valence electrons. The summed E-state index contributed by atoms with van der Waals surface area (Å²) in [4.78, 5) is 37.5. The molecule has 0 radical (unpaired) electrons. The van der Waals surface area contributed by atoms with Crippen molar-refractivity contribution < 1.29 is 50.7 Å². The second-order valence-corrected chi connectivity index (χ2v) is 9.05. The van der Waals surface area contributed by atoms with Gasteiger partial charge in [-0.1, -0.05) is 114 Å². The topological polar surface area (TPSA) is 98.7 Å². The predicted molar refractivity (Wildman–Crippen MR) is 150 cm³/mol. The first-order valence-corrected chi connectivity index (χ1v) is 12.5. The summed E-state index contributed by atoms with van der Waals surface area (Å²) in [7, 11) is 3.47. The molecule has 0 aliphatic carbocycles. The van der Waals surface area contributed by atoms with Gasteiger partial charge < -0.3 is 17.6 Å². The van der Waals surface area contributed by atoms with Crippen LogP contribution in [-0.4, -0.2) is 48.5 Å². The van der Waals surface area contributed by atoms with Gasteiger partial charge >= 0.3 is 31.1 Å². The molecule has 3 N–H and O–H groups in total. The minimum absolute atomic E-state index is 0. The first-order valence-electron chi connectivity index (χ1n) is 12.5. The molecule has 8 heteroatoms. The molecule has 0 atom stereocenters. The Morgan fingerprint density at radius 1 is 0.744 bits per heavy atom. The number of hydrogen-bond acceptors (Lipinski definition) is 4. The van der Waals surface area contributed by atoms with E-state index in [4.69, 9.17) is 5.21 Å². The third kappa shape index (κ3) is 10.2. The third-order valence-corrected chi connectivity index (χ3v) is 6.07. The summed E-state index contributed by atoms with van der Waals surface area (Å²) < 4.78 is 0. The van der Waals surface area contributed by atoms with Crippen LogP contribution in [0.3, 0.4) is 0 Å². The molecule has 7 nitrogen and oxygen atoms in total. The Morgan fingerprint density at radius 2 is 1.26 bits per heavy atom. The van der Waals surface area contributed by atoms with Gasteiger partial charge in [0.1, 0.15) is 0 Å². The molecule has 0 heterocycles. The van der Waals surface area contributed by atoms with Crippen LogP contribution in [-0.2, 0) is 4.79 Å². The Labute approximate surface area is 255 Å². The maximum absolute atomic E-state index is 12.6. The van der Waals surface area contributed by atoms with Gasteiger partial charge in [0.15, 0.2) is 0 Å². The Morgan fingerprint density at radius 3 is 1.79 bits per heavy atom. The van der Waals surface area contributed by atoms with Gasteiger partial charge in [0.25, 0.3) is 5.91 Å². The van der Waals surface area contributed by atoms with Gasteiger partial charge in [0, 0.05) is 38.2 Å². The number of amides is 3. The second kappa shape index (κ2) is 17.5. The van der Waals surface area contributed by atoms with Crippen molar-refractivity contribution in [1.29, 1.82) is 0 Å². The molecule has 0 saturated carbocycles. The number of hydroxylamine groups is 1. The maximum atomic E-state index is 12.6. The number of rotatable bonds is 12. The van der Waals surface area contributed by atoms with Crippen molar-refractivity contribution in [2.75, 3.05) is 20.6 Å². The van der Waals surface area contributed by atoms with E-state index in [1.165, 1.54) is 0 Å². The smallest absolute Gasteiger partial charge is 0.358 e. The van der Waals surface area contributed by atoms with Crippen molar-refractivity contribution >= 4 is 17.7 Å². The van der Waals surface area contributed by atoms with Gasteiger partial charge in [-0.3, -0.25) is 19.6 Å². The van der Waals surface area contributed by atoms with Crippen LogP contribution < -0.4 is 10.8 Å². The first kappa shape index (κ1) is 34.0. The Hall–Kier alpha value is -3.05. The average Bonchev–Trinajstić information content (AvgIpc) is 2.93. The van der Waals surface area contributed by atoms with Crippen molar-refractivity contribution in [3.05, 3.63) is 120 Å². The van der Waals surface area contributed by atoms with Crippen LogP contribution in [0, 0.1) is 44.5 Å². The minimum atomic E-state index is -0.374. The number of hydrogen-bond donors (Lipinski definition) is 3. The van der Waals surface area contributed by atoms with E-state index in [0.717, 1.165) is 41.9 Å². The maximum Gasteiger partial charge on any atom is 2.00 e. The fraction of sp³-hybridized carbons (Fsp3) is 0.258. The fourth-order valence-electron chi connectivity index (χ4n) is 4.05. The van der Waals surface area contributed by atoms with Crippen molar-refractivity contribution in [3.63, 3.8) is 0 Å². The van der Waals surface area contributed by atoms with Gasteiger partial charge in [-0.05, 0) is 12.8 Å². The number of carbonyl (C=O) groups is 3.